The van der Waals surface area contributed by atoms with Crippen LogP contribution in [0.5, 0.6) is 5.75 Å². The summed E-state index contributed by atoms with van der Waals surface area (Å²) in [7, 11) is -2.25. The molecule has 0 spiro atoms. The fourth-order valence-electron chi connectivity index (χ4n) is 1.69. The molecular weight excluding hydrogens is 288 g/mol. The van der Waals surface area contributed by atoms with Gasteiger partial charge in [-0.2, -0.15) is 0 Å². The van der Waals surface area contributed by atoms with Gasteiger partial charge in [0.1, 0.15) is 12.4 Å². The maximum absolute atomic E-state index is 13.9. The van der Waals surface area contributed by atoms with Crippen molar-refractivity contribution in [2.24, 2.45) is 0 Å². The van der Waals surface area contributed by atoms with Crippen LogP contribution in [0.15, 0.2) is 36.4 Å². The first-order chi connectivity index (χ1) is 9.49. The minimum atomic E-state index is -2.25. The number of ether oxygens (including phenoxy) is 1. The van der Waals surface area contributed by atoms with Gasteiger partial charge in [0.15, 0.2) is 11.6 Å². The Hall–Kier alpha value is -1.63. The average molecular weight is 298 g/mol. The molecule has 0 radical (unpaired) electrons. The fourth-order valence-corrected chi connectivity index (χ4v) is 1.90. The molecule has 0 heterocycles. The lowest BCUT2D eigenvalue weighted by atomic mass is 9.79. The van der Waals surface area contributed by atoms with Crippen LogP contribution in [0, 0.1) is 11.6 Å². The van der Waals surface area contributed by atoms with Gasteiger partial charge in [-0.3, -0.25) is 0 Å². The highest BCUT2D eigenvalue weighted by molar-refractivity contribution is 6.58. The second-order valence-electron chi connectivity index (χ2n) is 4.07. The molecule has 0 bridgehead atoms. The third kappa shape index (κ3) is 3.28. The Labute approximate surface area is 119 Å². The molecule has 0 unspecified atom stereocenters. The van der Waals surface area contributed by atoms with Crippen LogP contribution in [0.25, 0.3) is 0 Å². The third-order valence-corrected chi connectivity index (χ3v) is 2.87. The first-order valence-corrected chi connectivity index (χ1v) is 6.08. The molecule has 0 aliphatic rings. The molecule has 0 saturated heterocycles. The van der Waals surface area contributed by atoms with Gasteiger partial charge in [-0.1, -0.05) is 23.7 Å². The van der Waals surface area contributed by atoms with Gasteiger partial charge in [-0.25, -0.2) is 8.78 Å². The van der Waals surface area contributed by atoms with Crippen molar-refractivity contribution in [2.75, 3.05) is 0 Å². The second kappa shape index (κ2) is 6.22. The Morgan fingerprint density at radius 1 is 1.15 bits per heavy atom. The zero-order valence-corrected chi connectivity index (χ0v) is 10.9. The van der Waals surface area contributed by atoms with Crippen molar-refractivity contribution in [3.63, 3.8) is 0 Å². The van der Waals surface area contributed by atoms with Crippen molar-refractivity contribution in [1.82, 2.24) is 0 Å². The molecular formula is C13H10BClF2O3. The van der Waals surface area contributed by atoms with Gasteiger partial charge in [0.2, 0.25) is 0 Å². The number of benzene rings is 2. The van der Waals surface area contributed by atoms with Crippen LogP contribution in [0.4, 0.5) is 8.78 Å². The summed E-state index contributed by atoms with van der Waals surface area (Å²) in [4.78, 5) is 0. The topological polar surface area (TPSA) is 49.7 Å². The van der Waals surface area contributed by atoms with Crippen LogP contribution in [-0.2, 0) is 6.61 Å². The van der Waals surface area contributed by atoms with Gasteiger partial charge in [0, 0.05) is 5.02 Å². The molecule has 0 aliphatic carbocycles. The molecule has 3 nitrogen and oxygen atoms in total. The van der Waals surface area contributed by atoms with Crippen molar-refractivity contribution in [3.05, 3.63) is 58.6 Å². The third-order valence-electron chi connectivity index (χ3n) is 2.63. The zero-order valence-electron chi connectivity index (χ0n) is 10.2. The minimum absolute atomic E-state index is 0.0179. The van der Waals surface area contributed by atoms with Gasteiger partial charge in [0.25, 0.3) is 0 Å². The van der Waals surface area contributed by atoms with Gasteiger partial charge < -0.3 is 14.8 Å². The van der Waals surface area contributed by atoms with Crippen molar-refractivity contribution in [2.45, 2.75) is 6.61 Å². The van der Waals surface area contributed by atoms with Crippen LogP contribution in [0.2, 0.25) is 5.02 Å². The molecule has 0 aliphatic heterocycles. The normalized spacial score (nSPS) is 10.4. The lowest BCUT2D eigenvalue weighted by molar-refractivity contribution is 0.289. The summed E-state index contributed by atoms with van der Waals surface area (Å²) in [5, 5.41) is 18.4. The van der Waals surface area contributed by atoms with E-state index in [1.165, 1.54) is 0 Å². The van der Waals surface area contributed by atoms with Crippen molar-refractivity contribution in [1.29, 1.82) is 0 Å². The van der Waals surface area contributed by atoms with Gasteiger partial charge in [-0.15, -0.1) is 0 Å². The molecule has 2 aromatic carbocycles. The molecule has 2 rings (SSSR count). The van der Waals surface area contributed by atoms with Crippen molar-refractivity contribution < 1.29 is 23.6 Å². The van der Waals surface area contributed by atoms with Crippen LogP contribution >= 0.6 is 11.6 Å². The highest BCUT2D eigenvalue weighted by Crippen LogP contribution is 2.19. The molecule has 2 N–H and O–H groups in total. The Balaban J connectivity index is 2.20. The number of rotatable bonds is 4. The molecule has 104 valence electrons. The van der Waals surface area contributed by atoms with E-state index >= 15 is 0 Å². The fraction of sp³-hybridized carbons (Fsp3) is 0.0769. The molecule has 0 fully saturated rings. The highest BCUT2D eigenvalue weighted by atomic mass is 35.5. The van der Waals surface area contributed by atoms with Crippen molar-refractivity contribution in [3.8, 4) is 5.75 Å². The Kier molecular flexibility index (Phi) is 4.59. The van der Waals surface area contributed by atoms with Crippen LogP contribution in [0.3, 0.4) is 0 Å². The van der Waals surface area contributed by atoms with E-state index in [2.05, 4.69) is 0 Å². The molecule has 0 aromatic heterocycles. The Morgan fingerprint density at radius 2 is 1.90 bits per heavy atom. The molecule has 20 heavy (non-hydrogen) atoms. The largest absolute Gasteiger partial charge is 0.494 e. The zero-order chi connectivity index (χ0) is 14.7. The average Bonchev–Trinajstić information content (AvgIpc) is 2.37. The maximum atomic E-state index is 13.9. The lowest BCUT2D eigenvalue weighted by Crippen LogP contribution is -2.36. The SMILES string of the molecule is OB(O)c1c(F)ccc(OCc2cccc(Cl)c2)c1F. The van der Waals surface area contributed by atoms with E-state index in [1.807, 2.05) is 0 Å². The van der Waals surface area contributed by atoms with E-state index in [0.717, 1.165) is 12.1 Å². The number of halogens is 3. The lowest BCUT2D eigenvalue weighted by Gasteiger charge is -2.11. The van der Waals surface area contributed by atoms with E-state index in [-0.39, 0.29) is 12.4 Å². The summed E-state index contributed by atoms with van der Waals surface area (Å²) < 4.78 is 32.3. The van der Waals surface area contributed by atoms with Crippen LogP contribution in [0.1, 0.15) is 5.56 Å². The monoisotopic (exact) mass is 298 g/mol. The van der Waals surface area contributed by atoms with E-state index in [1.54, 1.807) is 24.3 Å². The first kappa shape index (κ1) is 14.8. The maximum Gasteiger partial charge on any atom is 0.494 e. The van der Waals surface area contributed by atoms with Crippen LogP contribution < -0.4 is 10.2 Å². The highest BCUT2D eigenvalue weighted by Gasteiger charge is 2.24. The predicted octanol–water partition coefficient (Wildman–Crippen LogP) is 1.88. The van der Waals surface area contributed by atoms with Crippen LogP contribution in [-0.4, -0.2) is 17.2 Å². The molecule has 2 aromatic rings. The van der Waals surface area contributed by atoms with Gasteiger partial charge in [-0.05, 0) is 29.8 Å². The minimum Gasteiger partial charge on any atom is -0.486 e. The summed E-state index contributed by atoms with van der Waals surface area (Å²) >= 11 is 5.80. The molecule has 0 saturated carbocycles. The summed E-state index contributed by atoms with van der Waals surface area (Å²) in [6.07, 6.45) is 0. The van der Waals surface area contributed by atoms with E-state index in [4.69, 9.17) is 26.4 Å². The predicted molar refractivity (Wildman–Crippen MR) is 72.0 cm³/mol. The molecule has 7 heteroatoms. The molecule has 0 atom stereocenters. The van der Waals surface area contributed by atoms with E-state index < -0.39 is 24.2 Å². The van der Waals surface area contributed by atoms with Crippen molar-refractivity contribution >= 4 is 24.2 Å². The summed E-state index contributed by atoms with van der Waals surface area (Å²) in [5.74, 6) is -2.45. The second-order valence-corrected chi connectivity index (χ2v) is 4.50. The van der Waals surface area contributed by atoms with Gasteiger partial charge >= 0.3 is 7.12 Å². The first-order valence-electron chi connectivity index (χ1n) is 5.70. The number of hydrogen-bond acceptors (Lipinski definition) is 3. The summed E-state index contributed by atoms with van der Waals surface area (Å²) in [6.45, 7) is 0.0179. The standard InChI is InChI=1S/C13H10BClF2O3/c15-9-3-1-2-8(6-9)7-20-11-5-4-10(16)12(13(11)17)14(18)19/h1-6,18-19H,7H2. The Bertz CT molecular complexity index is 623. The summed E-state index contributed by atoms with van der Waals surface area (Å²) in [5.41, 5.74) is -0.138. The number of hydrogen-bond donors (Lipinski definition) is 2. The van der Waals surface area contributed by atoms with E-state index in [0.29, 0.717) is 10.6 Å². The quantitative estimate of drug-likeness (QED) is 0.847. The van der Waals surface area contributed by atoms with E-state index in [9.17, 15) is 8.78 Å². The van der Waals surface area contributed by atoms with Gasteiger partial charge in [0.05, 0.1) is 5.46 Å². The smallest absolute Gasteiger partial charge is 0.486 e. The Morgan fingerprint density at radius 3 is 2.55 bits per heavy atom. The molecule has 0 amide bonds. The summed E-state index contributed by atoms with van der Waals surface area (Å²) in [6, 6.07) is 8.76.